The second-order valence-electron chi connectivity index (χ2n) is 7.92. The molecule has 0 saturated heterocycles. The van der Waals surface area contributed by atoms with E-state index in [0.29, 0.717) is 0 Å². The van der Waals surface area contributed by atoms with E-state index >= 15 is 0 Å². The topological polar surface area (TPSA) is 0 Å². The van der Waals surface area contributed by atoms with Crippen LogP contribution < -0.4 is 0 Å². The van der Waals surface area contributed by atoms with Gasteiger partial charge < -0.3 is 0 Å². The van der Waals surface area contributed by atoms with Crippen molar-refractivity contribution in [3.8, 4) is 0 Å². The molecule has 0 nitrogen and oxygen atoms in total. The van der Waals surface area contributed by atoms with Crippen LogP contribution in [0.15, 0.2) is 34.7 Å². The Morgan fingerprint density at radius 3 is 1.18 bits per heavy atom. The average molecular weight is 408 g/mol. The van der Waals surface area contributed by atoms with E-state index in [2.05, 4.69) is 89.6 Å². The molecular formula is C19H32Si2Zr. The van der Waals surface area contributed by atoms with Crippen LogP contribution in [0.25, 0.3) is 0 Å². The summed E-state index contributed by atoms with van der Waals surface area (Å²) < 4.78 is 1.51. The predicted octanol–water partition coefficient (Wildman–Crippen LogP) is 5.85. The van der Waals surface area contributed by atoms with Crippen molar-refractivity contribution >= 4 is 19.4 Å². The van der Waals surface area contributed by atoms with Crippen molar-refractivity contribution in [2.75, 3.05) is 0 Å². The first kappa shape index (κ1) is 22.1. The Kier molecular flexibility index (Phi) is 10.2. The third-order valence-corrected chi connectivity index (χ3v) is 7.29. The zero-order valence-electron chi connectivity index (χ0n) is 15.7. The number of allylic oxidation sites excluding steroid dienone is 8. The molecular weight excluding hydrogens is 376 g/mol. The molecule has 0 unspecified atom stereocenters. The second-order valence-corrected chi connectivity index (χ2v) is 20.5. The molecule has 0 aromatic carbocycles. The van der Waals surface area contributed by atoms with E-state index < -0.39 is 16.1 Å². The minimum Gasteiger partial charge on any atom is -0.273 e. The van der Waals surface area contributed by atoms with Crippen molar-refractivity contribution < 1.29 is 24.2 Å². The van der Waals surface area contributed by atoms with Gasteiger partial charge in [0.05, 0.1) is 0 Å². The van der Waals surface area contributed by atoms with E-state index in [1.54, 1.807) is 34.6 Å². The van der Waals surface area contributed by atoms with Crippen molar-refractivity contribution in [3.63, 3.8) is 0 Å². The average Bonchev–Trinajstić information content (AvgIpc) is 3.02. The van der Waals surface area contributed by atoms with Gasteiger partial charge >= 0.3 is 41.3 Å². The maximum atomic E-state index is 3.20. The maximum absolute atomic E-state index is 3.20. The molecule has 22 heavy (non-hydrogen) atoms. The number of rotatable bonds is 2. The molecule has 2 aliphatic rings. The Balaban J connectivity index is 0.000000326. The molecule has 0 aromatic rings. The van der Waals surface area contributed by atoms with Crippen LogP contribution in [0.1, 0.15) is 26.7 Å². The molecule has 0 radical (unpaired) electrons. The van der Waals surface area contributed by atoms with Gasteiger partial charge in [-0.25, -0.2) is 22.5 Å². The summed E-state index contributed by atoms with van der Waals surface area (Å²) >= 11 is 1.55. The summed E-state index contributed by atoms with van der Waals surface area (Å²) in [6.07, 6.45) is 17.4. The molecule has 2 rings (SSSR count). The van der Waals surface area contributed by atoms with Crippen LogP contribution >= 0.6 is 0 Å². The Labute approximate surface area is 155 Å². The fourth-order valence-electron chi connectivity index (χ4n) is 1.84. The summed E-state index contributed by atoms with van der Waals surface area (Å²) in [6.45, 7) is 18.4. The first-order chi connectivity index (χ1) is 9.94. The van der Waals surface area contributed by atoms with Crippen molar-refractivity contribution in [1.29, 1.82) is 0 Å². The van der Waals surface area contributed by atoms with E-state index in [0.717, 1.165) is 12.8 Å². The number of hydrogen-bond donors (Lipinski definition) is 0. The fourth-order valence-corrected chi connectivity index (χ4v) is 4.34. The van der Waals surface area contributed by atoms with Gasteiger partial charge in [-0.15, -0.1) is 12.8 Å². The standard InChI is InChI=1S/2C8H13Si.C3H6.Zr/c2*1-9(2,3)8-6-4-5-7-8;1-3-2;/h2*6-7H,4H2,1-3H3;1-2H3;/q2*-1;;+2. The van der Waals surface area contributed by atoms with Gasteiger partial charge in [0.15, 0.2) is 0 Å². The molecule has 0 aliphatic heterocycles. The zero-order chi connectivity index (χ0) is 17.4. The summed E-state index contributed by atoms with van der Waals surface area (Å²) in [5.41, 5.74) is 0. The molecule has 0 atom stereocenters. The van der Waals surface area contributed by atoms with Crippen LogP contribution in [0, 0.1) is 12.2 Å². The molecule has 0 amide bonds. The molecule has 120 valence electrons. The van der Waals surface area contributed by atoms with Gasteiger partial charge in [0.1, 0.15) is 0 Å². The van der Waals surface area contributed by atoms with Crippen LogP contribution in [0.3, 0.4) is 0 Å². The third kappa shape index (κ3) is 10.8. The molecule has 2 aliphatic carbocycles. The van der Waals surface area contributed by atoms with E-state index in [1.807, 2.05) is 0 Å². The van der Waals surface area contributed by atoms with E-state index in [-0.39, 0.29) is 0 Å². The molecule has 0 bridgehead atoms. The van der Waals surface area contributed by atoms with Crippen LogP contribution in [-0.4, -0.2) is 19.4 Å². The molecule has 0 N–H and O–H groups in total. The van der Waals surface area contributed by atoms with E-state index in [4.69, 9.17) is 0 Å². The van der Waals surface area contributed by atoms with Gasteiger partial charge in [0.25, 0.3) is 0 Å². The SMILES string of the molecule is C[C](C)=[Zr+2].C[Si](C)(C)C1=CC[C-]=C1.C[Si](C)(C)C1=CC[C-]=C1. The van der Waals surface area contributed by atoms with Crippen LogP contribution in [-0.2, 0) is 24.2 Å². The van der Waals surface area contributed by atoms with Crippen molar-refractivity contribution in [3.05, 3.63) is 46.8 Å². The van der Waals surface area contributed by atoms with Gasteiger partial charge in [0.2, 0.25) is 0 Å². The quantitative estimate of drug-likeness (QED) is 0.398. The van der Waals surface area contributed by atoms with Crippen LogP contribution in [0.5, 0.6) is 0 Å². The number of hydrogen-bond acceptors (Lipinski definition) is 0. The molecule has 0 spiro atoms. The van der Waals surface area contributed by atoms with Gasteiger partial charge in [-0.3, -0.25) is 12.2 Å². The molecule has 0 fully saturated rings. The Morgan fingerprint density at radius 2 is 1.09 bits per heavy atom. The van der Waals surface area contributed by atoms with Crippen molar-refractivity contribution in [2.45, 2.75) is 66.0 Å². The maximum Gasteiger partial charge on any atom is -0.0114 e. The Bertz CT molecular complexity index is 437. The monoisotopic (exact) mass is 406 g/mol. The molecule has 0 saturated carbocycles. The largest absolute Gasteiger partial charge is 0.273 e. The van der Waals surface area contributed by atoms with E-state index in [1.165, 1.54) is 3.21 Å². The summed E-state index contributed by atoms with van der Waals surface area (Å²) in [5, 5.41) is 3.12. The van der Waals surface area contributed by atoms with Gasteiger partial charge in [-0.05, 0) is 16.1 Å². The van der Waals surface area contributed by atoms with Gasteiger partial charge in [-0.2, -0.15) is 12.2 Å². The van der Waals surface area contributed by atoms with Crippen molar-refractivity contribution in [2.24, 2.45) is 0 Å². The summed E-state index contributed by atoms with van der Waals surface area (Å²) in [4.78, 5) is 0. The minimum absolute atomic E-state index is 0.981. The first-order valence-electron chi connectivity index (χ1n) is 8.01. The van der Waals surface area contributed by atoms with Crippen molar-refractivity contribution in [1.82, 2.24) is 0 Å². The second kappa shape index (κ2) is 10.1. The van der Waals surface area contributed by atoms with Crippen LogP contribution in [0.2, 0.25) is 39.3 Å². The Morgan fingerprint density at radius 1 is 0.818 bits per heavy atom. The third-order valence-electron chi connectivity index (χ3n) is 3.13. The smallest absolute Gasteiger partial charge is 0.0114 e. The molecule has 3 heteroatoms. The Hall–Kier alpha value is 0.147. The van der Waals surface area contributed by atoms with Gasteiger partial charge in [-0.1, -0.05) is 39.3 Å². The first-order valence-corrected chi connectivity index (χ1v) is 16.2. The van der Waals surface area contributed by atoms with Gasteiger partial charge in [0, 0.05) is 0 Å². The van der Waals surface area contributed by atoms with Crippen LogP contribution in [0.4, 0.5) is 0 Å². The summed E-state index contributed by atoms with van der Waals surface area (Å²) in [7, 11) is -1.96. The minimum atomic E-state index is -0.981. The fraction of sp³-hybridized carbons (Fsp3) is 0.526. The molecule has 0 aromatic heterocycles. The normalized spacial score (nSPS) is 16.3. The van der Waals surface area contributed by atoms with E-state index in [9.17, 15) is 0 Å². The summed E-state index contributed by atoms with van der Waals surface area (Å²) in [6, 6.07) is 0. The summed E-state index contributed by atoms with van der Waals surface area (Å²) in [5.74, 6) is 0. The zero-order valence-corrected chi connectivity index (χ0v) is 20.2. The predicted molar refractivity (Wildman–Crippen MR) is 104 cm³/mol. The molecule has 0 heterocycles.